The lowest BCUT2D eigenvalue weighted by Crippen LogP contribution is -2.53. The maximum Gasteiger partial charge on any atom is 0.233 e. The SMILES string of the molecule is Cc1ccc(-c2csc(NC(=O)C3(C)CC4(C#N)c5ccccc5C3c3ccccc34)n2)c2ccccc12. The van der Waals surface area contributed by atoms with Crippen molar-refractivity contribution in [3.05, 3.63) is 118 Å². The normalized spacial score (nSPS) is 22.9. The number of anilines is 1. The maximum atomic E-state index is 14.1. The van der Waals surface area contributed by atoms with Gasteiger partial charge in [-0.15, -0.1) is 11.3 Å². The Morgan fingerprint density at radius 2 is 1.58 bits per heavy atom. The first kappa shape index (κ1) is 22.9. The second-order valence-electron chi connectivity index (χ2n) is 10.7. The molecule has 3 aliphatic rings. The van der Waals surface area contributed by atoms with Crippen LogP contribution in [0.5, 0.6) is 0 Å². The van der Waals surface area contributed by atoms with Crippen molar-refractivity contribution in [1.29, 1.82) is 5.26 Å². The lowest BCUT2D eigenvalue weighted by Gasteiger charge is -2.54. The molecule has 8 rings (SSSR count). The molecule has 1 unspecified atom stereocenters. The predicted octanol–water partition coefficient (Wildman–Crippen LogP) is 7.58. The Morgan fingerprint density at radius 1 is 0.947 bits per heavy atom. The van der Waals surface area contributed by atoms with Gasteiger partial charge in [-0.1, -0.05) is 84.9 Å². The molecule has 5 aromatic rings. The summed E-state index contributed by atoms with van der Waals surface area (Å²) in [5.74, 6) is -0.230. The number of amides is 1. The average Bonchev–Trinajstić information content (AvgIpc) is 3.41. The summed E-state index contributed by atoms with van der Waals surface area (Å²) in [4.78, 5) is 18.9. The molecule has 0 aliphatic heterocycles. The lowest BCUT2D eigenvalue weighted by molar-refractivity contribution is -0.127. The van der Waals surface area contributed by atoms with Crippen molar-refractivity contribution in [2.24, 2.45) is 5.41 Å². The molecule has 1 aromatic heterocycles. The van der Waals surface area contributed by atoms with E-state index < -0.39 is 10.8 Å². The number of nitrogens with zero attached hydrogens (tertiary/aromatic N) is 2. The number of carbonyl (C=O) groups excluding carboxylic acids is 1. The van der Waals surface area contributed by atoms with Crippen LogP contribution in [0.4, 0.5) is 5.13 Å². The predicted molar refractivity (Wildman–Crippen MR) is 152 cm³/mol. The standard InChI is InChI=1S/C33H25N3OS/c1-20-15-16-23(22-10-4-3-9-21(20)22)28-17-38-31(35-28)36-30(37)32(2)18-33(19-34)26-13-7-5-11-24(26)29(32)25-12-6-8-14-27(25)33/h3-17,29H,18H2,1-2H3,(H,35,36,37). The first-order chi connectivity index (χ1) is 18.5. The quantitative estimate of drug-likeness (QED) is 0.272. The number of thiazole rings is 1. The van der Waals surface area contributed by atoms with Gasteiger partial charge in [0, 0.05) is 16.9 Å². The number of nitriles is 1. The molecular formula is C33H25N3OS. The van der Waals surface area contributed by atoms with Crippen molar-refractivity contribution >= 4 is 33.1 Å². The molecule has 1 heterocycles. The Balaban J connectivity index is 1.28. The highest BCUT2D eigenvalue weighted by atomic mass is 32.1. The van der Waals surface area contributed by atoms with E-state index in [1.807, 2.05) is 42.6 Å². The van der Waals surface area contributed by atoms with Gasteiger partial charge in [0.1, 0.15) is 5.41 Å². The third-order valence-corrected chi connectivity index (χ3v) is 9.34. The van der Waals surface area contributed by atoms with E-state index in [-0.39, 0.29) is 11.8 Å². The Labute approximate surface area is 225 Å². The van der Waals surface area contributed by atoms with Crippen LogP contribution in [0.15, 0.2) is 90.3 Å². The molecule has 3 aliphatic carbocycles. The van der Waals surface area contributed by atoms with Crippen LogP contribution in [0.2, 0.25) is 0 Å². The molecule has 1 atom stereocenters. The number of hydrogen-bond acceptors (Lipinski definition) is 4. The molecule has 5 heteroatoms. The molecule has 184 valence electrons. The highest BCUT2D eigenvalue weighted by molar-refractivity contribution is 7.14. The van der Waals surface area contributed by atoms with Crippen molar-refractivity contribution < 1.29 is 4.79 Å². The van der Waals surface area contributed by atoms with E-state index in [2.05, 4.69) is 72.9 Å². The first-order valence-electron chi connectivity index (χ1n) is 12.8. The van der Waals surface area contributed by atoms with Crippen molar-refractivity contribution in [3.8, 4) is 17.3 Å². The smallest absolute Gasteiger partial charge is 0.233 e. The van der Waals surface area contributed by atoms with Gasteiger partial charge >= 0.3 is 0 Å². The van der Waals surface area contributed by atoms with Crippen molar-refractivity contribution in [3.63, 3.8) is 0 Å². The number of rotatable bonds is 3. The number of benzene rings is 4. The van der Waals surface area contributed by atoms with Crippen LogP contribution in [0.25, 0.3) is 22.0 Å². The molecule has 38 heavy (non-hydrogen) atoms. The van der Waals surface area contributed by atoms with Gasteiger partial charge in [0.05, 0.1) is 17.2 Å². The number of aromatic nitrogens is 1. The zero-order chi connectivity index (χ0) is 26.1. The largest absolute Gasteiger partial charge is 0.301 e. The van der Waals surface area contributed by atoms with E-state index in [1.54, 1.807) is 0 Å². The van der Waals surface area contributed by atoms with Crippen LogP contribution in [-0.2, 0) is 10.2 Å². The van der Waals surface area contributed by atoms with Gasteiger partial charge in [-0.3, -0.25) is 4.79 Å². The van der Waals surface area contributed by atoms with E-state index >= 15 is 0 Å². The van der Waals surface area contributed by atoms with E-state index in [4.69, 9.17) is 4.98 Å². The first-order valence-corrected chi connectivity index (χ1v) is 13.7. The van der Waals surface area contributed by atoms with Gasteiger partial charge in [0.25, 0.3) is 0 Å². The van der Waals surface area contributed by atoms with Gasteiger partial charge in [-0.05, 0) is 58.9 Å². The Hall–Kier alpha value is -4.27. The molecule has 1 amide bonds. The van der Waals surface area contributed by atoms with E-state index in [9.17, 15) is 10.1 Å². The van der Waals surface area contributed by atoms with Crippen LogP contribution in [-0.4, -0.2) is 10.9 Å². The summed E-state index contributed by atoms with van der Waals surface area (Å²) in [6.07, 6.45) is 0.432. The number of aryl methyl sites for hydroxylation is 1. The third kappa shape index (κ3) is 3.01. The van der Waals surface area contributed by atoms with Gasteiger partial charge in [-0.2, -0.15) is 5.26 Å². The summed E-state index contributed by atoms with van der Waals surface area (Å²) in [5.41, 5.74) is 5.66. The van der Waals surface area contributed by atoms with Crippen molar-refractivity contribution in [2.45, 2.75) is 31.6 Å². The minimum Gasteiger partial charge on any atom is -0.301 e. The molecule has 0 saturated carbocycles. The fraction of sp³-hybridized carbons (Fsp3) is 0.182. The molecule has 2 bridgehead atoms. The average molecular weight is 512 g/mol. The highest BCUT2D eigenvalue weighted by Gasteiger charge is 2.61. The summed E-state index contributed by atoms with van der Waals surface area (Å²) in [6.45, 7) is 4.12. The molecule has 0 saturated heterocycles. The summed E-state index contributed by atoms with van der Waals surface area (Å²) >= 11 is 1.44. The summed E-state index contributed by atoms with van der Waals surface area (Å²) in [5, 5.41) is 18.7. The van der Waals surface area contributed by atoms with E-state index in [0.29, 0.717) is 11.6 Å². The van der Waals surface area contributed by atoms with Crippen LogP contribution in [0.3, 0.4) is 0 Å². The number of carbonyl (C=O) groups is 1. The molecule has 0 radical (unpaired) electrons. The van der Waals surface area contributed by atoms with E-state index in [1.165, 1.54) is 22.3 Å². The van der Waals surface area contributed by atoms with Crippen molar-refractivity contribution in [1.82, 2.24) is 4.98 Å². The number of hydrogen-bond donors (Lipinski definition) is 1. The monoisotopic (exact) mass is 511 g/mol. The third-order valence-electron chi connectivity index (χ3n) is 8.58. The zero-order valence-corrected chi connectivity index (χ0v) is 22.0. The number of fused-ring (bicyclic) bond motifs is 2. The number of nitrogens with one attached hydrogen (secondary N) is 1. The van der Waals surface area contributed by atoms with Gasteiger partial charge in [0.15, 0.2) is 5.13 Å². The van der Waals surface area contributed by atoms with Gasteiger partial charge < -0.3 is 5.32 Å². The highest BCUT2D eigenvalue weighted by Crippen LogP contribution is 2.63. The molecule has 0 fully saturated rings. The fourth-order valence-corrected chi connectivity index (χ4v) is 7.56. The Kier molecular flexibility index (Phi) is 4.89. The molecule has 4 nitrogen and oxygen atoms in total. The van der Waals surface area contributed by atoms with E-state index in [0.717, 1.165) is 38.9 Å². The van der Waals surface area contributed by atoms with Crippen LogP contribution >= 0.6 is 11.3 Å². The van der Waals surface area contributed by atoms with Gasteiger partial charge in [-0.25, -0.2) is 4.98 Å². The van der Waals surface area contributed by atoms with Crippen molar-refractivity contribution in [2.75, 3.05) is 5.32 Å². The second kappa shape index (κ2) is 8.11. The summed E-state index contributed by atoms with van der Waals surface area (Å²) < 4.78 is 0. The van der Waals surface area contributed by atoms with Crippen LogP contribution in [0, 0.1) is 23.7 Å². The van der Waals surface area contributed by atoms with Gasteiger partial charge in [0.2, 0.25) is 5.91 Å². The second-order valence-corrected chi connectivity index (χ2v) is 11.5. The summed E-state index contributed by atoms with van der Waals surface area (Å²) in [6, 6.07) is 31.5. The minimum atomic E-state index is -0.858. The molecular weight excluding hydrogens is 486 g/mol. The Bertz CT molecular complexity index is 1770. The zero-order valence-electron chi connectivity index (χ0n) is 21.2. The van der Waals surface area contributed by atoms with Crippen LogP contribution in [0.1, 0.15) is 47.1 Å². The Morgan fingerprint density at radius 3 is 2.26 bits per heavy atom. The summed E-state index contributed by atoms with van der Waals surface area (Å²) in [7, 11) is 0. The van der Waals surface area contributed by atoms with Crippen LogP contribution < -0.4 is 5.32 Å². The topological polar surface area (TPSA) is 65.8 Å². The molecule has 4 aromatic carbocycles. The lowest BCUT2D eigenvalue weighted by atomic mass is 9.47. The minimum absolute atomic E-state index is 0.0965. The fourth-order valence-electron chi connectivity index (χ4n) is 6.86. The molecule has 0 spiro atoms. The molecule has 1 N–H and O–H groups in total. The maximum absolute atomic E-state index is 14.1.